The smallest absolute Gasteiger partial charge is 0.200 e. The van der Waals surface area contributed by atoms with Crippen LogP contribution in [-0.4, -0.2) is 14.1 Å². The second kappa shape index (κ2) is 18.4. The molecule has 26 heteroatoms. The zero-order valence-electron chi connectivity index (χ0n) is 32.9. The molecule has 0 saturated carbocycles. The maximum absolute atomic E-state index is 15.8. The van der Waals surface area contributed by atoms with Gasteiger partial charge in [0, 0.05) is 42.4 Å². The molecule has 0 amide bonds. The number of halogens is 25. The monoisotopic (exact) mass is 1020 g/mol. The SMILES string of the molecule is CN(C)c1ccccc1.Fc1c(F)c(F)c(C2=C(c3c(F)c(F)c(F)c(F)c3F)C(c3c(F)c(F)c(F)c(F)c3F)C(c3c(F)c(F)c(F)c(F)c3F)=C2c2c(F)c(F)c(F)c(F)c2F)c(F)c1F. The lowest BCUT2D eigenvalue weighted by Gasteiger charge is -2.25. The molecule has 6 aromatic rings. The number of hydrogen-bond donors (Lipinski definition) is 0. The first-order valence-corrected chi connectivity index (χ1v) is 17.9. The minimum absolute atomic E-state index is 1.25. The fraction of sp³-hybridized carbons (Fsp3) is 0.0698. The van der Waals surface area contributed by atoms with E-state index in [2.05, 4.69) is 17.0 Å². The van der Waals surface area contributed by atoms with Crippen LogP contribution in [-0.2, 0) is 0 Å². The first kappa shape index (κ1) is 51.2. The van der Waals surface area contributed by atoms with Gasteiger partial charge in [0.2, 0.25) is 29.1 Å². The summed E-state index contributed by atoms with van der Waals surface area (Å²) < 4.78 is 378. The Morgan fingerprint density at radius 3 is 0.681 bits per heavy atom. The lowest BCUT2D eigenvalue weighted by Crippen LogP contribution is -2.18. The van der Waals surface area contributed by atoms with Crippen molar-refractivity contribution in [2.24, 2.45) is 0 Å². The third-order valence-electron chi connectivity index (χ3n) is 10.0. The number of allylic oxidation sites excluding steroid dienone is 4. The molecular formula is C43H12F25N. The first-order valence-electron chi connectivity index (χ1n) is 17.9. The number of nitrogens with zero attached hydrogens (tertiary/aromatic N) is 1. The largest absolute Gasteiger partial charge is 0.378 e. The summed E-state index contributed by atoms with van der Waals surface area (Å²) in [7, 11) is 4.07. The molecule has 0 bridgehead atoms. The van der Waals surface area contributed by atoms with E-state index in [9.17, 15) is 65.9 Å². The van der Waals surface area contributed by atoms with Crippen LogP contribution in [0.5, 0.6) is 0 Å². The molecule has 364 valence electrons. The molecular weight excluding hydrogens is 1010 g/mol. The van der Waals surface area contributed by atoms with Gasteiger partial charge in [0.15, 0.2) is 116 Å². The lowest BCUT2D eigenvalue weighted by atomic mass is 9.79. The van der Waals surface area contributed by atoms with Crippen molar-refractivity contribution >= 4 is 28.0 Å². The third kappa shape index (κ3) is 7.75. The van der Waals surface area contributed by atoms with Crippen LogP contribution >= 0.6 is 0 Å². The fourth-order valence-electron chi connectivity index (χ4n) is 6.98. The molecule has 1 nitrogen and oxygen atoms in total. The highest BCUT2D eigenvalue weighted by Gasteiger charge is 2.51. The van der Waals surface area contributed by atoms with Crippen LogP contribution in [0.25, 0.3) is 22.3 Å². The van der Waals surface area contributed by atoms with Crippen LogP contribution in [0.1, 0.15) is 33.7 Å². The van der Waals surface area contributed by atoms with Gasteiger partial charge in [-0.2, -0.15) is 0 Å². The molecule has 0 unspecified atom stereocenters. The highest BCUT2D eigenvalue weighted by molar-refractivity contribution is 6.30. The summed E-state index contributed by atoms with van der Waals surface area (Å²) in [6.45, 7) is 0. The Balaban J connectivity index is 0.000000779. The number of hydrogen-bond acceptors (Lipinski definition) is 1. The van der Waals surface area contributed by atoms with Crippen LogP contribution in [0, 0.1) is 145 Å². The minimum atomic E-state index is -4.62. The summed E-state index contributed by atoms with van der Waals surface area (Å²) in [4.78, 5) is 2.08. The zero-order chi connectivity index (χ0) is 51.9. The Labute approximate surface area is 366 Å². The fourth-order valence-corrected chi connectivity index (χ4v) is 6.98. The molecule has 0 aromatic heterocycles. The summed E-state index contributed by atoms with van der Waals surface area (Å²) >= 11 is 0. The van der Waals surface area contributed by atoms with Crippen molar-refractivity contribution in [3.05, 3.63) is 204 Å². The van der Waals surface area contributed by atoms with E-state index < -0.39 is 201 Å². The lowest BCUT2D eigenvalue weighted by molar-refractivity contribution is 0.368. The van der Waals surface area contributed by atoms with Crippen molar-refractivity contribution in [2.75, 3.05) is 19.0 Å². The standard InChI is InChI=1S/C35HF25.C8H11N/c36-11-6(12(37)22(47)31(56)21(11)46)1-2(7-13(38)23(48)32(57)24(49)14(7)39)4(9-17(42)27(52)34(59)28(53)18(9)43)5(10-19(44)29(54)35(60)30(55)20(10)45)3(1)8-15(40)25(50)33(58)26(51)16(8)41;1-9(2)8-6-4-3-5-7-8/h1H;3-7H,1-2H3. The topological polar surface area (TPSA) is 3.24 Å². The van der Waals surface area contributed by atoms with Crippen molar-refractivity contribution in [1.29, 1.82) is 0 Å². The van der Waals surface area contributed by atoms with E-state index >= 15 is 43.9 Å². The van der Waals surface area contributed by atoms with Gasteiger partial charge >= 0.3 is 0 Å². The van der Waals surface area contributed by atoms with Crippen LogP contribution < -0.4 is 4.90 Å². The van der Waals surface area contributed by atoms with Crippen LogP contribution in [0.4, 0.5) is 115 Å². The van der Waals surface area contributed by atoms with E-state index in [1.54, 1.807) is 0 Å². The van der Waals surface area contributed by atoms with Gasteiger partial charge in [0.25, 0.3) is 0 Å². The molecule has 6 aromatic carbocycles. The Hall–Kier alpha value is -7.15. The van der Waals surface area contributed by atoms with E-state index in [4.69, 9.17) is 0 Å². The summed E-state index contributed by atoms with van der Waals surface area (Å²) in [6, 6.07) is 10.3. The highest BCUT2D eigenvalue weighted by atomic mass is 19.2. The van der Waals surface area contributed by atoms with E-state index in [1.807, 2.05) is 32.3 Å². The summed E-state index contributed by atoms with van der Waals surface area (Å²) in [6.07, 6.45) is 0. The quantitative estimate of drug-likeness (QED) is 0.0913. The maximum atomic E-state index is 15.8. The number of benzene rings is 6. The molecule has 1 aliphatic rings. The Morgan fingerprint density at radius 2 is 0.464 bits per heavy atom. The number of rotatable bonds is 6. The predicted molar refractivity (Wildman–Crippen MR) is 188 cm³/mol. The van der Waals surface area contributed by atoms with Gasteiger partial charge in [-0.3, -0.25) is 0 Å². The molecule has 0 spiro atoms. The van der Waals surface area contributed by atoms with Crippen molar-refractivity contribution in [1.82, 2.24) is 0 Å². The summed E-state index contributed by atoms with van der Waals surface area (Å²) in [5.41, 5.74) is -27.5. The Morgan fingerprint density at radius 1 is 0.261 bits per heavy atom. The molecule has 69 heavy (non-hydrogen) atoms. The summed E-state index contributed by atoms with van der Waals surface area (Å²) in [5, 5.41) is 0. The van der Waals surface area contributed by atoms with Crippen LogP contribution in [0.2, 0.25) is 0 Å². The van der Waals surface area contributed by atoms with Crippen molar-refractivity contribution in [2.45, 2.75) is 5.92 Å². The molecule has 0 heterocycles. The second-order valence-electron chi connectivity index (χ2n) is 14.0. The van der Waals surface area contributed by atoms with E-state index in [0.29, 0.717) is 0 Å². The van der Waals surface area contributed by atoms with E-state index in [1.165, 1.54) is 5.69 Å². The van der Waals surface area contributed by atoms with Gasteiger partial charge in [-0.15, -0.1) is 0 Å². The van der Waals surface area contributed by atoms with Crippen LogP contribution in [0.3, 0.4) is 0 Å². The molecule has 0 atom stereocenters. The summed E-state index contributed by atoms with van der Waals surface area (Å²) in [5.74, 6) is -91.4. The average Bonchev–Trinajstić information content (AvgIpc) is 3.63. The molecule has 1 aliphatic carbocycles. The second-order valence-corrected chi connectivity index (χ2v) is 14.0. The Kier molecular flexibility index (Phi) is 13.7. The van der Waals surface area contributed by atoms with Crippen LogP contribution in [0.15, 0.2) is 30.3 Å². The van der Waals surface area contributed by atoms with E-state index in [0.717, 1.165) is 0 Å². The maximum Gasteiger partial charge on any atom is 0.200 e. The Bertz CT molecular complexity index is 2950. The van der Waals surface area contributed by atoms with Crippen molar-refractivity contribution in [3.8, 4) is 0 Å². The minimum Gasteiger partial charge on any atom is -0.378 e. The highest BCUT2D eigenvalue weighted by Crippen LogP contribution is 2.63. The first-order chi connectivity index (χ1) is 32.1. The molecule has 0 saturated heterocycles. The zero-order valence-corrected chi connectivity index (χ0v) is 32.9. The van der Waals surface area contributed by atoms with Gasteiger partial charge in [0.05, 0.1) is 22.3 Å². The predicted octanol–water partition coefficient (Wildman–Crippen LogP) is 14.2. The van der Waals surface area contributed by atoms with Gasteiger partial charge in [-0.1, -0.05) is 18.2 Å². The molecule has 0 radical (unpaired) electrons. The normalized spacial score (nSPS) is 13.0. The van der Waals surface area contributed by atoms with Crippen molar-refractivity contribution in [3.63, 3.8) is 0 Å². The third-order valence-corrected chi connectivity index (χ3v) is 10.0. The van der Waals surface area contributed by atoms with E-state index in [-0.39, 0.29) is 0 Å². The molecule has 0 aliphatic heterocycles. The molecule has 0 N–H and O–H groups in total. The van der Waals surface area contributed by atoms with Gasteiger partial charge in [0.1, 0.15) is 0 Å². The molecule has 7 rings (SSSR count). The average molecular weight is 1020 g/mol. The van der Waals surface area contributed by atoms with Gasteiger partial charge in [-0.05, 0) is 23.3 Å². The van der Waals surface area contributed by atoms with Crippen molar-refractivity contribution < 1.29 is 110 Å². The number of para-hydroxylation sites is 1. The number of anilines is 1. The van der Waals surface area contributed by atoms with Gasteiger partial charge < -0.3 is 4.90 Å². The van der Waals surface area contributed by atoms with Gasteiger partial charge in [-0.25, -0.2) is 110 Å². The molecule has 0 fully saturated rings.